The van der Waals surface area contributed by atoms with Gasteiger partial charge in [0.1, 0.15) is 5.49 Å². The number of amidine groups is 1. The molecule has 1 aromatic heterocycles. The molecule has 2 aromatic rings. The summed E-state index contributed by atoms with van der Waals surface area (Å²) in [6.45, 7) is 7.21. The van der Waals surface area contributed by atoms with E-state index in [-0.39, 0.29) is 5.84 Å². The van der Waals surface area contributed by atoms with Gasteiger partial charge < -0.3 is 14.7 Å². The zero-order valence-electron chi connectivity index (χ0n) is 14.6. The number of nitrogens with one attached hydrogen (secondary N) is 2. The van der Waals surface area contributed by atoms with E-state index >= 15 is 0 Å². The van der Waals surface area contributed by atoms with Gasteiger partial charge in [0.2, 0.25) is 0 Å². The van der Waals surface area contributed by atoms with Crippen LogP contribution in [0.15, 0.2) is 53.7 Å². The number of nitrogens with zero attached hydrogens (tertiary/aromatic N) is 1. The largest absolute Gasteiger partial charge is 0.427 e. The van der Waals surface area contributed by atoms with Gasteiger partial charge in [-0.05, 0) is 39.8 Å². The molecule has 0 atom stereocenters. The maximum Gasteiger partial charge on any atom is 0.309 e. The quantitative estimate of drug-likeness (QED) is 0.442. The van der Waals surface area contributed by atoms with E-state index in [0.717, 1.165) is 11.0 Å². The first-order valence-corrected chi connectivity index (χ1v) is 7.92. The second-order valence-corrected chi connectivity index (χ2v) is 6.76. The molecule has 0 saturated carbocycles. The van der Waals surface area contributed by atoms with Crippen molar-refractivity contribution in [3.8, 4) is 0 Å². The minimum absolute atomic E-state index is 0.196. The molecular formula is C18H24BN3O2. The highest BCUT2D eigenvalue weighted by Gasteiger charge is 2.35. The average molecular weight is 325 g/mol. The van der Waals surface area contributed by atoms with Crippen LogP contribution in [-0.2, 0) is 4.65 Å². The van der Waals surface area contributed by atoms with Crippen molar-refractivity contribution in [1.82, 2.24) is 4.98 Å². The molecule has 126 valence electrons. The Hall–Kier alpha value is -2.18. The summed E-state index contributed by atoms with van der Waals surface area (Å²) in [7, 11) is 0.397. The predicted octanol–water partition coefficient (Wildman–Crippen LogP) is 1.48. The third kappa shape index (κ3) is 4.66. The lowest BCUT2D eigenvalue weighted by Crippen LogP contribution is -2.49. The molecule has 0 amide bonds. The van der Waals surface area contributed by atoms with Gasteiger partial charge in [-0.15, -0.1) is 0 Å². The molecule has 0 bridgehead atoms. The van der Waals surface area contributed by atoms with Crippen LogP contribution in [0.2, 0.25) is 0 Å². The Morgan fingerprint density at radius 3 is 2.33 bits per heavy atom. The topological polar surface area (TPSA) is 81.5 Å². The number of hydrogen-bond acceptors (Lipinski definition) is 3. The molecule has 6 heteroatoms. The zero-order chi connectivity index (χ0) is 17.8. The lowest BCUT2D eigenvalue weighted by Gasteiger charge is -2.37. The Balaban J connectivity index is 2.05. The van der Waals surface area contributed by atoms with Crippen LogP contribution in [0.25, 0.3) is 0 Å². The van der Waals surface area contributed by atoms with Crippen LogP contribution in [0.5, 0.6) is 0 Å². The van der Waals surface area contributed by atoms with Crippen LogP contribution >= 0.6 is 0 Å². The van der Waals surface area contributed by atoms with Gasteiger partial charge in [-0.3, -0.25) is 5.41 Å². The van der Waals surface area contributed by atoms with Crippen LogP contribution in [-0.4, -0.2) is 34.6 Å². The molecule has 24 heavy (non-hydrogen) atoms. The van der Waals surface area contributed by atoms with Crippen molar-refractivity contribution in [2.75, 3.05) is 0 Å². The highest BCUT2D eigenvalue weighted by molar-refractivity contribution is 6.47. The Labute approximate surface area is 143 Å². The van der Waals surface area contributed by atoms with E-state index in [4.69, 9.17) is 10.1 Å². The molecule has 0 fully saturated rings. The second kappa shape index (κ2) is 7.15. The summed E-state index contributed by atoms with van der Waals surface area (Å²) < 4.78 is 5.84. The first kappa shape index (κ1) is 18.2. The number of rotatable bonds is 5. The van der Waals surface area contributed by atoms with Crippen LogP contribution in [0.1, 0.15) is 33.3 Å². The number of aromatic amines is 1. The Morgan fingerprint density at radius 1 is 1.12 bits per heavy atom. The molecule has 0 radical (unpaired) electrons. The third-order valence-corrected chi connectivity index (χ3v) is 4.23. The number of hydrogen-bond donors (Lipinski definition) is 3. The van der Waals surface area contributed by atoms with Crippen molar-refractivity contribution in [2.45, 2.75) is 38.9 Å². The van der Waals surface area contributed by atoms with Gasteiger partial charge in [0.25, 0.3) is 0 Å². The predicted molar refractivity (Wildman–Crippen MR) is 97.9 cm³/mol. The van der Waals surface area contributed by atoms with Crippen molar-refractivity contribution in [3.05, 3.63) is 59.7 Å². The molecule has 5 nitrogen and oxygen atoms in total. The highest BCUT2D eigenvalue weighted by Crippen LogP contribution is 2.24. The molecule has 0 spiro atoms. The van der Waals surface area contributed by atoms with E-state index in [1.54, 1.807) is 20.0 Å². The highest BCUT2D eigenvalue weighted by atomic mass is 16.5. The van der Waals surface area contributed by atoms with Crippen LogP contribution in [0.4, 0.5) is 0 Å². The molecule has 0 aliphatic rings. The lowest BCUT2D eigenvalue weighted by atomic mass is 9.82. The molecule has 0 aliphatic heterocycles. The molecule has 0 saturated heterocycles. The number of aromatic nitrogens is 1. The summed E-state index contributed by atoms with van der Waals surface area (Å²) >= 11 is 0. The van der Waals surface area contributed by atoms with E-state index in [2.05, 4.69) is 9.98 Å². The molecule has 3 N–H and O–H groups in total. The summed E-state index contributed by atoms with van der Waals surface area (Å²) in [6, 6.07) is 13.1. The van der Waals surface area contributed by atoms with E-state index in [1.807, 2.05) is 56.3 Å². The molecule has 0 aliphatic carbocycles. The molecule has 1 aromatic carbocycles. The first-order chi connectivity index (χ1) is 11.2. The van der Waals surface area contributed by atoms with Gasteiger partial charge in [0.15, 0.2) is 5.84 Å². The minimum atomic E-state index is -0.930. The smallest absolute Gasteiger partial charge is 0.309 e. The Morgan fingerprint density at radius 2 is 1.79 bits per heavy atom. The fraction of sp³-hybridized carbons (Fsp3) is 0.333. The number of pyridine rings is 1. The molecular weight excluding hydrogens is 301 g/mol. The second-order valence-electron chi connectivity index (χ2n) is 6.76. The van der Waals surface area contributed by atoms with Gasteiger partial charge in [-0.2, -0.15) is 0 Å². The Kier molecular flexibility index (Phi) is 5.42. The van der Waals surface area contributed by atoms with Gasteiger partial charge in [0.05, 0.1) is 11.2 Å². The standard InChI is InChI=1S/C18H24BN3O2/c1-17(2,23)18(3,4)24-19-14-10-8-13(9-11-14)16(20)22-15-7-5-6-12-21-15/h5-12,19,23H,1-4H3,(H2,20,21,22). The van der Waals surface area contributed by atoms with Crippen molar-refractivity contribution in [2.24, 2.45) is 4.99 Å². The van der Waals surface area contributed by atoms with Crippen molar-refractivity contribution < 1.29 is 9.76 Å². The van der Waals surface area contributed by atoms with Crippen LogP contribution < -0.4 is 11.0 Å². The van der Waals surface area contributed by atoms with Gasteiger partial charge in [0, 0.05) is 11.8 Å². The van der Waals surface area contributed by atoms with Gasteiger partial charge in [-0.1, -0.05) is 35.8 Å². The number of benzene rings is 1. The van der Waals surface area contributed by atoms with Gasteiger partial charge in [-0.25, -0.2) is 4.99 Å². The molecule has 2 rings (SSSR count). The summed E-state index contributed by atoms with van der Waals surface area (Å²) in [4.78, 5) is 7.22. The SMILES string of the molecule is CC(C)(O)C(C)(C)OBc1ccc(C(=N)/N=c2/cccc[nH]2)cc1. The van der Waals surface area contributed by atoms with E-state index in [0.29, 0.717) is 13.0 Å². The van der Waals surface area contributed by atoms with Crippen LogP contribution in [0, 0.1) is 5.41 Å². The van der Waals surface area contributed by atoms with Crippen molar-refractivity contribution in [1.29, 1.82) is 5.41 Å². The summed E-state index contributed by atoms with van der Waals surface area (Å²) in [5.74, 6) is 0.196. The van der Waals surface area contributed by atoms with Crippen molar-refractivity contribution >= 4 is 18.8 Å². The molecule has 1 heterocycles. The fourth-order valence-corrected chi connectivity index (χ4v) is 1.84. The van der Waals surface area contributed by atoms with Crippen molar-refractivity contribution in [3.63, 3.8) is 0 Å². The van der Waals surface area contributed by atoms with E-state index in [9.17, 15) is 5.11 Å². The number of aliphatic hydroxyl groups is 1. The normalized spacial score (nSPS) is 13.0. The monoisotopic (exact) mass is 325 g/mol. The average Bonchev–Trinajstić information content (AvgIpc) is 2.53. The fourth-order valence-electron chi connectivity index (χ4n) is 1.84. The summed E-state index contributed by atoms with van der Waals surface area (Å²) in [5.41, 5.74) is 0.770. The minimum Gasteiger partial charge on any atom is -0.427 e. The van der Waals surface area contributed by atoms with Crippen LogP contribution in [0.3, 0.4) is 0 Å². The first-order valence-electron chi connectivity index (χ1n) is 7.92. The third-order valence-electron chi connectivity index (χ3n) is 4.23. The lowest BCUT2D eigenvalue weighted by molar-refractivity contribution is -0.0893. The summed E-state index contributed by atoms with van der Waals surface area (Å²) in [6.07, 6.45) is 1.77. The maximum absolute atomic E-state index is 10.1. The summed E-state index contributed by atoms with van der Waals surface area (Å²) in [5, 5.41) is 18.2. The van der Waals surface area contributed by atoms with E-state index < -0.39 is 11.2 Å². The molecule has 0 unspecified atom stereocenters. The zero-order valence-corrected chi connectivity index (χ0v) is 14.6. The maximum atomic E-state index is 10.1. The Bertz CT molecular complexity index is 741. The van der Waals surface area contributed by atoms with E-state index in [1.165, 1.54) is 0 Å². The number of H-pyrrole nitrogens is 1. The van der Waals surface area contributed by atoms with Gasteiger partial charge >= 0.3 is 7.48 Å².